The van der Waals surface area contributed by atoms with Gasteiger partial charge in [0.2, 0.25) is 5.91 Å². The molecule has 1 amide bonds. The molecular weight excluding hydrogens is 499 g/mol. The number of halogens is 1. The van der Waals surface area contributed by atoms with E-state index in [1.165, 1.54) is 49.1 Å². The predicted octanol–water partition coefficient (Wildman–Crippen LogP) is 6.22. The number of amides is 1. The second-order valence-electron chi connectivity index (χ2n) is 10.8. The van der Waals surface area contributed by atoms with Crippen molar-refractivity contribution in [3.05, 3.63) is 71.8 Å². The molecule has 2 bridgehead atoms. The van der Waals surface area contributed by atoms with Crippen LogP contribution < -0.4 is 10.1 Å². The molecule has 2 aliphatic carbocycles. The van der Waals surface area contributed by atoms with E-state index in [4.69, 9.17) is 4.74 Å². The zero-order valence-corrected chi connectivity index (χ0v) is 23.0. The van der Waals surface area contributed by atoms with Crippen molar-refractivity contribution in [3.63, 3.8) is 0 Å². The van der Waals surface area contributed by atoms with Gasteiger partial charge in [0.1, 0.15) is 6.61 Å². The van der Waals surface area contributed by atoms with Gasteiger partial charge in [-0.05, 0) is 81.4 Å². The van der Waals surface area contributed by atoms with Crippen LogP contribution in [-0.2, 0) is 17.8 Å². The minimum atomic E-state index is -0.396. The van der Waals surface area contributed by atoms with E-state index in [-0.39, 0.29) is 36.1 Å². The van der Waals surface area contributed by atoms with Crippen LogP contribution in [0.5, 0.6) is 5.75 Å². The van der Waals surface area contributed by atoms with E-state index < -0.39 is 5.82 Å². The van der Waals surface area contributed by atoms with Crippen LogP contribution in [-0.4, -0.2) is 32.5 Å². The van der Waals surface area contributed by atoms with E-state index in [1.54, 1.807) is 18.2 Å². The Morgan fingerprint density at radius 1 is 1.11 bits per heavy atom. The fourth-order valence-corrected chi connectivity index (χ4v) is 7.09. The zero-order valence-electron chi connectivity index (χ0n) is 22.2. The van der Waals surface area contributed by atoms with Crippen LogP contribution in [0.15, 0.2) is 59.8 Å². The van der Waals surface area contributed by atoms with E-state index in [0.29, 0.717) is 11.7 Å². The van der Waals surface area contributed by atoms with Gasteiger partial charge in [0.05, 0.1) is 5.75 Å². The number of hydrogen-bond acceptors (Lipinski definition) is 5. The summed E-state index contributed by atoms with van der Waals surface area (Å²) in [6.07, 6.45) is 6.97. The normalized spacial score (nSPS) is 21.8. The molecule has 6 nitrogen and oxygen atoms in total. The van der Waals surface area contributed by atoms with Crippen molar-refractivity contribution in [2.45, 2.75) is 76.2 Å². The van der Waals surface area contributed by atoms with Crippen LogP contribution in [0.4, 0.5) is 4.39 Å². The van der Waals surface area contributed by atoms with Crippen molar-refractivity contribution >= 4 is 17.7 Å². The van der Waals surface area contributed by atoms with Crippen LogP contribution in [0.1, 0.15) is 63.4 Å². The standard InChI is InChI=1S/C30H37FN4O2S/c1-20(12-13-22-8-4-3-5-9-22)32-29(36)19-38-30-34-33-28(18-37-27-11-7-6-10-26(27)31)35(30)21(2)25-17-23-14-15-24(25)16-23/h3-11,20-21,23-25H,12-19H2,1-2H3,(H,32,36)/t20-,21-,23+,24+,25-/m1/s1. The van der Waals surface area contributed by atoms with Crippen molar-refractivity contribution in [2.24, 2.45) is 17.8 Å². The molecule has 5 rings (SSSR count). The number of benzene rings is 2. The maximum atomic E-state index is 14.2. The van der Waals surface area contributed by atoms with Gasteiger partial charge in [-0.25, -0.2) is 4.39 Å². The molecule has 5 atom stereocenters. The molecule has 0 saturated heterocycles. The number of nitrogens with zero attached hydrogens (tertiary/aromatic N) is 3. The smallest absolute Gasteiger partial charge is 0.230 e. The van der Waals surface area contributed by atoms with E-state index in [9.17, 15) is 9.18 Å². The summed E-state index contributed by atoms with van der Waals surface area (Å²) in [6, 6.07) is 17.0. The fourth-order valence-electron chi connectivity index (χ4n) is 6.24. The molecule has 1 N–H and O–H groups in total. The Hall–Kier alpha value is -2.87. The number of ether oxygens (including phenoxy) is 1. The average Bonchev–Trinajstić information content (AvgIpc) is 3.67. The van der Waals surface area contributed by atoms with Crippen molar-refractivity contribution in [1.29, 1.82) is 0 Å². The molecule has 2 fully saturated rings. The van der Waals surface area contributed by atoms with Gasteiger partial charge in [0, 0.05) is 12.1 Å². The number of carbonyl (C=O) groups is 1. The highest BCUT2D eigenvalue weighted by molar-refractivity contribution is 7.99. The molecule has 2 aromatic carbocycles. The van der Waals surface area contributed by atoms with Gasteiger partial charge in [0.25, 0.3) is 0 Å². The van der Waals surface area contributed by atoms with Gasteiger partial charge in [-0.2, -0.15) is 0 Å². The number of hydrogen-bond donors (Lipinski definition) is 1. The molecule has 0 unspecified atom stereocenters. The number of para-hydroxylation sites is 1. The average molecular weight is 537 g/mol. The Morgan fingerprint density at radius 2 is 1.89 bits per heavy atom. The maximum Gasteiger partial charge on any atom is 0.230 e. The summed E-state index contributed by atoms with van der Waals surface area (Å²) in [5.41, 5.74) is 1.27. The zero-order chi connectivity index (χ0) is 26.5. The molecule has 0 spiro atoms. The van der Waals surface area contributed by atoms with Gasteiger partial charge in [0.15, 0.2) is 22.5 Å². The quantitative estimate of drug-likeness (QED) is 0.278. The summed E-state index contributed by atoms with van der Waals surface area (Å²) < 4.78 is 22.1. The first-order chi connectivity index (χ1) is 18.5. The molecule has 3 aromatic rings. The van der Waals surface area contributed by atoms with E-state index in [0.717, 1.165) is 29.8 Å². The lowest BCUT2D eigenvalue weighted by Gasteiger charge is -2.30. The van der Waals surface area contributed by atoms with Crippen molar-refractivity contribution in [2.75, 3.05) is 5.75 Å². The molecule has 8 heteroatoms. The van der Waals surface area contributed by atoms with Crippen molar-refractivity contribution in [3.8, 4) is 5.75 Å². The third-order valence-corrected chi connectivity index (χ3v) is 9.14. The maximum absolute atomic E-state index is 14.2. The third-order valence-electron chi connectivity index (χ3n) is 8.20. The summed E-state index contributed by atoms with van der Waals surface area (Å²) in [5.74, 6) is 2.84. The molecule has 2 saturated carbocycles. The van der Waals surface area contributed by atoms with E-state index in [2.05, 4.69) is 39.1 Å². The number of aryl methyl sites for hydroxylation is 1. The summed E-state index contributed by atoms with van der Waals surface area (Å²) >= 11 is 1.41. The molecular formula is C30H37FN4O2S. The minimum absolute atomic E-state index is 0.0122. The Bertz CT molecular complexity index is 1220. The SMILES string of the molecule is C[C@H](CCc1ccccc1)NC(=O)CSc1nnc(COc2ccccc2F)n1[C@H](C)[C@H]1C[C@H]2CC[C@H]1C2. The number of carbonyl (C=O) groups excluding carboxylic acids is 1. The number of thioether (sulfide) groups is 1. The lowest BCUT2D eigenvalue weighted by Crippen LogP contribution is -2.34. The van der Waals surface area contributed by atoms with Crippen LogP contribution in [0.2, 0.25) is 0 Å². The monoisotopic (exact) mass is 536 g/mol. The van der Waals surface area contributed by atoms with E-state index in [1.807, 2.05) is 25.1 Å². The highest BCUT2D eigenvalue weighted by atomic mass is 32.2. The lowest BCUT2D eigenvalue weighted by molar-refractivity contribution is -0.119. The molecule has 2 aliphatic rings. The topological polar surface area (TPSA) is 69.0 Å². The largest absolute Gasteiger partial charge is 0.483 e. The van der Waals surface area contributed by atoms with Gasteiger partial charge in [-0.1, -0.05) is 60.6 Å². The second kappa shape index (κ2) is 12.3. The highest BCUT2D eigenvalue weighted by Gasteiger charge is 2.43. The first kappa shape index (κ1) is 26.7. The Labute approximate surface area is 228 Å². The number of aromatic nitrogens is 3. The second-order valence-corrected chi connectivity index (χ2v) is 11.8. The number of fused-ring (bicyclic) bond motifs is 2. The number of rotatable bonds is 12. The van der Waals surface area contributed by atoms with Crippen molar-refractivity contribution in [1.82, 2.24) is 20.1 Å². The third kappa shape index (κ3) is 6.40. The summed E-state index contributed by atoms with van der Waals surface area (Å²) in [5, 5.41) is 12.7. The van der Waals surface area contributed by atoms with E-state index >= 15 is 0 Å². The lowest BCUT2D eigenvalue weighted by atomic mass is 9.84. The Morgan fingerprint density at radius 3 is 2.63 bits per heavy atom. The van der Waals surface area contributed by atoms with Gasteiger partial charge in [-0.3, -0.25) is 9.36 Å². The van der Waals surface area contributed by atoms with Crippen LogP contribution in [0.25, 0.3) is 0 Å². The predicted molar refractivity (Wildman–Crippen MR) is 147 cm³/mol. The first-order valence-corrected chi connectivity index (χ1v) is 14.7. The molecule has 1 heterocycles. The first-order valence-electron chi connectivity index (χ1n) is 13.7. The van der Waals surface area contributed by atoms with Crippen molar-refractivity contribution < 1.29 is 13.9 Å². The number of nitrogens with one attached hydrogen (secondary N) is 1. The summed E-state index contributed by atoms with van der Waals surface area (Å²) in [7, 11) is 0. The molecule has 202 valence electrons. The van der Waals surface area contributed by atoms with Gasteiger partial charge < -0.3 is 10.1 Å². The van der Waals surface area contributed by atoms with Crippen LogP contribution >= 0.6 is 11.8 Å². The van der Waals surface area contributed by atoms with Crippen LogP contribution in [0, 0.1) is 23.6 Å². The summed E-state index contributed by atoms with van der Waals surface area (Å²) in [4.78, 5) is 12.8. The molecule has 0 aliphatic heterocycles. The van der Waals surface area contributed by atoms with Gasteiger partial charge in [-0.15, -0.1) is 10.2 Å². The molecule has 38 heavy (non-hydrogen) atoms. The summed E-state index contributed by atoms with van der Waals surface area (Å²) in [6.45, 7) is 4.41. The fraction of sp³-hybridized carbons (Fsp3) is 0.500. The van der Waals surface area contributed by atoms with Crippen LogP contribution in [0.3, 0.4) is 0 Å². The minimum Gasteiger partial charge on any atom is -0.483 e. The molecule has 1 aromatic heterocycles. The Balaban J connectivity index is 1.23. The van der Waals surface area contributed by atoms with Gasteiger partial charge >= 0.3 is 0 Å². The highest BCUT2D eigenvalue weighted by Crippen LogP contribution is 2.52. The molecule has 0 radical (unpaired) electrons. The Kier molecular flexibility index (Phi) is 8.67.